The number of nitrogens with one attached hydrogen (secondary N) is 2. The van der Waals surface area contributed by atoms with Gasteiger partial charge in [-0.1, -0.05) is 30.3 Å². The summed E-state index contributed by atoms with van der Waals surface area (Å²) in [5, 5.41) is 1.82. The van der Waals surface area contributed by atoms with E-state index in [1.54, 1.807) is 12.1 Å². The Morgan fingerprint density at radius 1 is 0.897 bits per heavy atom. The van der Waals surface area contributed by atoms with Gasteiger partial charge >= 0.3 is 6.18 Å². The summed E-state index contributed by atoms with van der Waals surface area (Å²) in [6.07, 6.45) is -4.63. The maximum Gasteiger partial charge on any atom is 0.416 e. The molecular formula is C21H17F3N2O2S. The first kappa shape index (κ1) is 19.3. The van der Waals surface area contributed by atoms with Crippen LogP contribution in [-0.2, 0) is 16.2 Å². The number of hydrogen-bond donors (Lipinski definition) is 2. The summed E-state index contributed by atoms with van der Waals surface area (Å²) in [4.78, 5) is 2.81. The SMILES string of the molecule is Cc1ccc(C)c2c1[nH]c1c(NS(=O)(=O)c3cccc(C(F)(F)F)c3)cccc12. The van der Waals surface area contributed by atoms with Gasteiger partial charge in [0, 0.05) is 16.3 Å². The Bertz CT molecular complexity index is 1360. The number of aromatic nitrogens is 1. The van der Waals surface area contributed by atoms with E-state index in [9.17, 15) is 21.6 Å². The largest absolute Gasteiger partial charge is 0.416 e. The molecule has 4 rings (SSSR count). The maximum absolute atomic E-state index is 13.0. The summed E-state index contributed by atoms with van der Waals surface area (Å²) in [5.41, 5.74) is 2.77. The van der Waals surface area contributed by atoms with Crippen LogP contribution in [0.2, 0.25) is 0 Å². The molecule has 0 aliphatic rings. The summed E-state index contributed by atoms with van der Waals surface area (Å²) < 4.78 is 66.9. The van der Waals surface area contributed by atoms with Gasteiger partial charge in [-0.05, 0) is 49.2 Å². The molecule has 0 amide bonds. The van der Waals surface area contributed by atoms with Gasteiger partial charge in [0.2, 0.25) is 0 Å². The molecule has 4 nitrogen and oxygen atoms in total. The lowest BCUT2D eigenvalue weighted by Gasteiger charge is -2.11. The number of rotatable bonds is 3. The third-order valence-corrected chi connectivity index (χ3v) is 6.28. The van der Waals surface area contributed by atoms with Gasteiger partial charge in [-0.3, -0.25) is 4.72 Å². The molecule has 0 radical (unpaired) electrons. The molecule has 0 bridgehead atoms. The van der Waals surface area contributed by atoms with E-state index in [4.69, 9.17) is 0 Å². The fourth-order valence-corrected chi connectivity index (χ4v) is 4.59. The van der Waals surface area contributed by atoms with E-state index in [0.29, 0.717) is 11.6 Å². The van der Waals surface area contributed by atoms with E-state index in [2.05, 4.69) is 9.71 Å². The van der Waals surface area contributed by atoms with Crippen LogP contribution in [0.3, 0.4) is 0 Å². The van der Waals surface area contributed by atoms with E-state index < -0.39 is 26.7 Å². The molecule has 0 unspecified atom stereocenters. The predicted octanol–water partition coefficient (Wildman–Crippen LogP) is 5.76. The average molecular weight is 418 g/mol. The van der Waals surface area contributed by atoms with Gasteiger partial charge < -0.3 is 4.98 Å². The van der Waals surface area contributed by atoms with Gasteiger partial charge in [-0.15, -0.1) is 0 Å². The quantitative estimate of drug-likeness (QED) is 0.445. The van der Waals surface area contributed by atoms with Crippen molar-refractivity contribution in [2.75, 3.05) is 4.72 Å². The van der Waals surface area contributed by atoms with Gasteiger partial charge in [0.25, 0.3) is 10.0 Å². The molecule has 29 heavy (non-hydrogen) atoms. The molecule has 0 spiro atoms. The van der Waals surface area contributed by atoms with Gasteiger partial charge in [-0.25, -0.2) is 8.42 Å². The summed E-state index contributed by atoms with van der Waals surface area (Å²) in [6.45, 7) is 3.91. The molecule has 0 saturated carbocycles. The Hall–Kier alpha value is -3.00. The molecule has 0 saturated heterocycles. The highest BCUT2D eigenvalue weighted by Crippen LogP contribution is 2.35. The fourth-order valence-electron chi connectivity index (χ4n) is 3.47. The number of aryl methyl sites for hydroxylation is 2. The highest BCUT2D eigenvalue weighted by molar-refractivity contribution is 7.92. The number of aromatic amines is 1. The van der Waals surface area contributed by atoms with Crippen LogP contribution in [0.25, 0.3) is 21.8 Å². The van der Waals surface area contributed by atoms with Crippen LogP contribution in [0.15, 0.2) is 59.5 Å². The molecule has 8 heteroatoms. The molecule has 1 heterocycles. The first-order chi connectivity index (χ1) is 13.6. The number of alkyl halides is 3. The maximum atomic E-state index is 13.0. The Morgan fingerprint density at radius 2 is 1.59 bits per heavy atom. The number of benzene rings is 3. The second-order valence-corrected chi connectivity index (χ2v) is 8.62. The molecule has 1 aromatic heterocycles. The highest BCUT2D eigenvalue weighted by atomic mass is 32.2. The number of sulfonamides is 1. The zero-order valence-electron chi connectivity index (χ0n) is 15.6. The summed E-state index contributed by atoms with van der Waals surface area (Å²) >= 11 is 0. The van der Waals surface area contributed by atoms with Crippen molar-refractivity contribution in [1.82, 2.24) is 4.98 Å². The topological polar surface area (TPSA) is 62.0 Å². The minimum atomic E-state index is -4.63. The van der Waals surface area contributed by atoms with Crippen molar-refractivity contribution in [2.45, 2.75) is 24.9 Å². The van der Waals surface area contributed by atoms with Crippen molar-refractivity contribution in [1.29, 1.82) is 0 Å². The molecule has 3 aromatic carbocycles. The first-order valence-electron chi connectivity index (χ1n) is 8.78. The molecule has 0 aliphatic heterocycles. The number of para-hydroxylation sites is 1. The second kappa shape index (κ2) is 6.52. The minimum absolute atomic E-state index is 0.273. The molecular weight excluding hydrogens is 401 g/mol. The number of fused-ring (bicyclic) bond motifs is 3. The molecule has 4 aromatic rings. The van der Waals surface area contributed by atoms with Crippen LogP contribution in [0.1, 0.15) is 16.7 Å². The molecule has 0 atom stereocenters. The van der Waals surface area contributed by atoms with Crippen LogP contribution in [0, 0.1) is 13.8 Å². The van der Waals surface area contributed by atoms with E-state index in [1.165, 1.54) is 0 Å². The van der Waals surface area contributed by atoms with Crippen LogP contribution >= 0.6 is 0 Å². The highest BCUT2D eigenvalue weighted by Gasteiger charge is 2.31. The monoisotopic (exact) mass is 418 g/mol. The van der Waals surface area contributed by atoms with Crippen LogP contribution in [-0.4, -0.2) is 13.4 Å². The van der Waals surface area contributed by atoms with Gasteiger partial charge in [0.1, 0.15) is 0 Å². The lowest BCUT2D eigenvalue weighted by atomic mass is 10.0. The van der Waals surface area contributed by atoms with Crippen LogP contribution in [0.4, 0.5) is 18.9 Å². The van der Waals surface area contributed by atoms with Gasteiger partial charge in [-0.2, -0.15) is 13.2 Å². The zero-order chi connectivity index (χ0) is 21.0. The Labute approximate surface area is 165 Å². The molecule has 0 fully saturated rings. The lowest BCUT2D eigenvalue weighted by molar-refractivity contribution is -0.137. The van der Waals surface area contributed by atoms with Gasteiger partial charge in [0.05, 0.1) is 21.7 Å². The number of H-pyrrole nitrogens is 1. The van der Waals surface area contributed by atoms with E-state index in [1.807, 2.05) is 32.0 Å². The van der Waals surface area contributed by atoms with Crippen molar-refractivity contribution >= 4 is 37.5 Å². The third-order valence-electron chi connectivity index (χ3n) is 4.92. The fraction of sp³-hybridized carbons (Fsp3) is 0.143. The Kier molecular flexibility index (Phi) is 4.34. The van der Waals surface area contributed by atoms with E-state index >= 15 is 0 Å². The van der Waals surface area contributed by atoms with Crippen LogP contribution < -0.4 is 4.72 Å². The zero-order valence-corrected chi connectivity index (χ0v) is 16.4. The standard InChI is InChI=1S/C21H17F3N2O2S/c1-12-9-10-13(2)19-18(12)16-7-4-8-17(20(16)25-19)26-29(27,28)15-6-3-5-14(11-15)21(22,23)24/h3-11,25-26H,1-2H3. The molecule has 2 N–H and O–H groups in total. The normalized spacial score (nSPS) is 12.6. The lowest BCUT2D eigenvalue weighted by Crippen LogP contribution is -2.14. The van der Waals surface area contributed by atoms with E-state index in [0.717, 1.165) is 45.6 Å². The van der Waals surface area contributed by atoms with Crippen molar-refractivity contribution in [2.24, 2.45) is 0 Å². The third kappa shape index (κ3) is 3.33. The van der Waals surface area contributed by atoms with E-state index in [-0.39, 0.29) is 5.69 Å². The van der Waals surface area contributed by atoms with Crippen molar-refractivity contribution in [3.63, 3.8) is 0 Å². The van der Waals surface area contributed by atoms with Crippen molar-refractivity contribution < 1.29 is 21.6 Å². The average Bonchev–Trinajstić information content (AvgIpc) is 3.06. The Morgan fingerprint density at radius 3 is 2.31 bits per heavy atom. The molecule has 0 aliphatic carbocycles. The van der Waals surface area contributed by atoms with Crippen LogP contribution in [0.5, 0.6) is 0 Å². The Balaban J connectivity index is 1.84. The minimum Gasteiger partial charge on any atom is -0.353 e. The summed E-state index contributed by atoms with van der Waals surface area (Å²) in [7, 11) is -4.22. The summed E-state index contributed by atoms with van der Waals surface area (Å²) in [6, 6.07) is 12.8. The number of hydrogen-bond acceptors (Lipinski definition) is 2. The first-order valence-corrected chi connectivity index (χ1v) is 10.3. The number of halogens is 3. The molecule has 150 valence electrons. The van der Waals surface area contributed by atoms with Gasteiger partial charge in [0.15, 0.2) is 0 Å². The smallest absolute Gasteiger partial charge is 0.353 e. The van der Waals surface area contributed by atoms with Crippen molar-refractivity contribution in [3.05, 3.63) is 71.3 Å². The number of anilines is 1. The summed E-state index contributed by atoms with van der Waals surface area (Å²) in [5.74, 6) is 0. The second-order valence-electron chi connectivity index (χ2n) is 6.93. The van der Waals surface area contributed by atoms with Crippen molar-refractivity contribution in [3.8, 4) is 0 Å². The predicted molar refractivity (Wildman–Crippen MR) is 108 cm³/mol.